The Balaban J connectivity index is 2.00. The normalized spacial score (nSPS) is 12.0. The van der Waals surface area contributed by atoms with Crippen molar-refractivity contribution in [2.24, 2.45) is 0 Å². The maximum atomic E-state index is 12.4. The molecule has 1 heterocycles. The lowest BCUT2D eigenvalue weighted by Gasteiger charge is -2.17. The van der Waals surface area contributed by atoms with Crippen LogP contribution in [0.5, 0.6) is 0 Å². The molecule has 0 fully saturated rings. The van der Waals surface area contributed by atoms with Crippen molar-refractivity contribution in [1.29, 1.82) is 0 Å². The summed E-state index contributed by atoms with van der Waals surface area (Å²) >= 11 is 7.53. The molecule has 0 saturated heterocycles. The smallest absolute Gasteiger partial charge is 0.279 e. The van der Waals surface area contributed by atoms with E-state index in [2.05, 4.69) is 11.9 Å². The van der Waals surface area contributed by atoms with Gasteiger partial charge in [0.05, 0.1) is 15.8 Å². The van der Waals surface area contributed by atoms with Gasteiger partial charge in [-0.05, 0) is 49.2 Å². The quantitative estimate of drug-likeness (QED) is 0.739. The summed E-state index contributed by atoms with van der Waals surface area (Å²) < 4.78 is 0.776. The molecule has 23 heavy (non-hydrogen) atoms. The molecule has 0 spiro atoms. The molecule has 1 aromatic carbocycles. The maximum Gasteiger partial charge on any atom is 0.279 e. The number of quaternary nitrogens is 1. The van der Waals surface area contributed by atoms with Gasteiger partial charge >= 0.3 is 0 Å². The van der Waals surface area contributed by atoms with Crippen molar-refractivity contribution in [3.8, 4) is 0 Å². The highest BCUT2D eigenvalue weighted by Crippen LogP contribution is 2.20. The van der Waals surface area contributed by atoms with Gasteiger partial charge in [-0.1, -0.05) is 30.3 Å². The van der Waals surface area contributed by atoms with Crippen LogP contribution in [0.4, 0.5) is 5.69 Å². The molecule has 5 heteroatoms. The number of carbonyl (C=O) groups excluding carboxylic acids is 1. The highest BCUT2D eigenvalue weighted by molar-refractivity contribution is 7.16. The van der Waals surface area contributed by atoms with Crippen LogP contribution in [0.1, 0.15) is 16.0 Å². The lowest BCUT2D eigenvalue weighted by atomic mass is 10.1. The number of benzene rings is 1. The Morgan fingerprint density at radius 2 is 2.13 bits per heavy atom. The molecule has 2 rings (SSSR count). The lowest BCUT2D eigenvalue weighted by Crippen LogP contribution is -3.11. The van der Waals surface area contributed by atoms with Gasteiger partial charge in [0.1, 0.15) is 6.54 Å². The zero-order valence-electron chi connectivity index (χ0n) is 13.5. The highest BCUT2D eigenvalue weighted by atomic mass is 35.5. The third kappa shape index (κ3) is 5.20. The molecular weight excluding hydrogens is 328 g/mol. The molecule has 1 atom stereocenters. The van der Waals surface area contributed by atoms with Crippen LogP contribution >= 0.6 is 22.9 Å². The van der Waals surface area contributed by atoms with Crippen LogP contribution in [0.25, 0.3) is 0 Å². The number of rotatable bonds is 7. The van der Waals surface area contributed by atoms with E-state index >= 15 is 0 Å². The summed E-state index contributed by atoms with van der Waals surface area (Å²) in [5, 5.41) is 3.01. The topological polar surface area (TPSA) is 33.5 Å². The first-order chi connectivity index (χ1) is 11.0. The van der Waals surface area contributed by atoms with Gasteiger partial charge in [-0.25, -0.2) is 0 Å². The second-order valence-corrected chi connectivity index (χ2v) is 7.40. The monoisotopic (exact) mass is 349 g/mol. The van der Waals surface area contributed by atoms with E-state index < -0.39 is 0 Å². The van der Waals surface area contributed by atoms with Gasteiger partial charge in [0.2, 0.25) is 0 Å². The first-order valence-corrected chi connectivity index (χ1v) is 8.73. The summed E-state index contributed by atoms with van der Waals surface area (Å²) in [6.45, 7) is 9.75. The molecule has 0 bridgehead atoms. The molecule has 2 N–H and O–H groups in total. The van der Waals surface area contributed by atoms with Gasteiger partial charge in [-0.3, -0.25) is 4.79 Å². The summed E-state index contributed by atoms with van der Waals surface area (Å²) in [5.41, 5.74) is 3.16. The average Bonchev–Trinajstić information content (AvgIpc) is 2.89. The Bertz CT molecular complexity index is 696. The number of nitrogens with one attached hydrogen (secondary N) is 2. The third-order valence-electron chi connectivity index (χ3n) is 3.78. The number of aryl methyl sites for hydroxylation is 1. The van der Waals surface area contributed by atoms with Crippen molar-refractivity contribution >= 4 is 34.5 Å². The molecule has 3 nitrogen and oxygen atoms in total. The zero-order chi connectivity index (χ0) is 16.8. The second-order valence-electron chi connectivity index (χ2n) is 5.60. The van der Waals surface area contributed by atoms with E-state index in [0.717, 1.165) is 33.6 Å². The lowest BCUT2D eigenvalue weighted by molar-refractivity contribution is -0.899. The molecule has 1 aromatic heterocycles. The predicted octanol–water partition coefficient (Wildman–Crippen LogP) is 3.23. The van der Waals surface area contributed by atoms with E-state index in [1.54, 1.807) is 11.3 Å². The molecule has 0 aliphatic carbocycles. The fourth-order valence-electron chi connectivity index (χ4n) is 2.41. The van der Waals surface area contributed by atoms with Crippen LogP contribution in [0.2, 0.25) is 4.34 Å². The summed E-state index contributed by atoms with van der Waals surface area (Å²) in [6.07, 6.45) is 1.84. The Kier molecular flexibility index (Phi) is 6.39. The van der Waals surface area contributed by atoms with Crippen molar-refractivity contribution in [3.05, 3.63) is 63.3 Å². The van der Waals surface area contributed by atoms with Crippen molar-refractivity contribution < 1.29 is 9.69 Å². The van der Waals surface area contributed by atoms with Gasteiger partial charge in [-0.15, -0.1) is 11.3 Å². The summed E-state index contributed by atoms with van der Waals surface area (Å²) in [4.78, 5) is 14.7. The number of anilines is 1. The van der Waals surface area contributed by atoms with Crippen LogP contribution in [-0.4, -0.2) is 19.0 Å². The van der Waals surface area contributed by atoms with E-state index in [0.29, 0.717) is 6.54 Å². The van der Waals surface area contributed by atoms with Crippen LogP contribution < -0.4 is 10.2 Å². The minimum Gasteiger partial charge on any atom is -0.321 e. The van der Waals surface area contributed by atoms with Crippen LogP contribution in [-0.2, 0) is 11.3 Å². The average molecular weight is 350 g/mol. The van der Waals surface area contributed by atoms with E-state index in [9.17, 15) is 4.79 Å². The van der Waals surface area contributed by atoms with Crippen LogP contribution in [0, 0.1) is 13.8 Å². The van der Waals surface area contributed by atoms with Gasteiger partial charge in [-0.2, -0.15) is 0 Å². The second kappa shape index (κ2) is 8.29. The number of halogens is 1. The molecule has 0 aliphatic rings. The first kappa shape index (κ1) is 17.7. The summed E-state index contributed by atoms with van der Waals surface area (Å²) in [6, 6.07) is 9.84. The standard InChI is InChI=1S/C18H21ClN2OS/c1-4-10-21(11-15-8-9-17(19)23-15)12-18(22)20-16-7-5-6-13(2)14(16)3/h4-9H,1,10-12H2,2-3H3,(H,20,22)/p+1. The van der Waals surface area contributed by atoms with Crippen LogP contribution in [0.3, 0.4) is 0 Å². The first-order valence-electron chi connectivity index (χ1n) is 7.54. The number of thiophene rings is 1. The highest BCUT2D eigenvalue weighted by Gasteiger charge is 2.15. The molecule has 122 valence electrons. The van der Waals surface area contributed by atoms with E-state index in [4.69, 9.17) is 11.6 Å². The fraction of sp³-hybridized carbons (Fsp3) is 0.278. The predicted molar refractivity (Wildman–Crippen MR) is 98.5 cm³/mol. The maximum absolute atomic E-state index is 12.4. The summed E-state index contributed by atoms with van der Waals surface area (Å²) in [5.74, 6) is 0.0122. The largest absolute Gasteiger partial charge is 0.321 e. The van der Waals surface area contributed by atoms with E-state index in [-0.39, 0.29) is 5.91 Å². The zero-order valence-corrected chi connectivity index (χ0v) is 15.1. The van der Waals surface area contributed by atoms with Gasteiger partial charge in [0, 0.05) is 5.69 Å². The molecule has 0 saturated carbocycles. The van der Waals surface area contributed by atoms with E-state index in [1.807, 2.05) is 50.3 Å². The molecule has 1 unspecified atom stereocenters. The SMILES string of the molecule is C=CC[NH+](CC(=O)Nc1cccc(C)c1C)Cc1ccc(Cl)s1. The fourth-order valence-corrected chi connectivity index (χ4v) is 3.57. The van der Waals surface area contributed by atoms with Crippen LogP contribution in [0.15, 0.2) is 43.0 Å². The van der Waals surface area contributed by atoms with E-state index in [1.165, 1.54) is 10.4 Å². The Hall–Kier alpha value is -1.62. The number of carbonyl (C=O) groups is 1. The third-order valence-corrected chi connectivity index (χ3v) is 5.01. The Labute approximate surface area is 146 Å². The Morgan fingerprint density at radius 1 is 1.35 bits per heavy atom. The Morgan fingerprint density at radius 3 is 2.78 bits per heavy atom. The van der Waals surface area contributed by atoms with Crippen molar-refractivity contribution in [1.82, 2.24) is 0 Å². The van der Waals surface area contributed by atoms with Crippen molar-refractivity contribution in [3.63, 3.8) is 0 Å². The number of amides is 1. The van der Waals surface area contributed by atoms with Gasteiger partial charge in [0.25, 0.3) is 5.91 Å². The van der Waals surface area contributed by atoms with Crippen molar-refractivity contribution in [2.75, 3.05) is 18.4 Å². The molecule has 2 aromatic rings. The molecule has 0 aliphatic heterocycles. The van der Waals surface area contributed by atoms with Crippen molar-refractivity contribution in [2.45, 2.75) is 20.4 Å². The minimum absolute atomic E-state index is 0.0122. The molecule has 1 amide bonds. The molecular formula is C18H22ClN2OS+. The number of hydrogen-bond donors (Lipinski definition) is 2. The van der Waals surface area contributed by atoms with Gasteiger partial charge in [0.15, 0.2) is 6.54 Å². The van der Waals surface area contributed by atoms with Gasteiger partial charge < -0.3 is 10.2 Å². The molecule has 0 radical (unpaired) electrons. The minimum atomic E-state index is 0.0122. The summed E-state index contributed by atoms with van der Waals surface area (Å²) in [7, 11) is 0. The number of hydrogen-bond acceptors (Lipinski definition) is 2.